The summed E-state index contributed by atoms with van der Waals surface area (Å²) in [6.07, 6.45) is 0.875. The number of rotatable bonds is 7. The first-order chi connectivity index (χ1) is 22.3. The van der Waals surface area contributed by atoms with Gasteiger partial charge in [-0.3, -0.25) is 9.88 Å². The van der Waals surface area contributed by atoms with E-state index in [1.807, 2.05) is 52.8 Å². The fraction of sp³-hybridized carbons (Fsp3) is 0.385. The molecule has 0 radical (unpaired) electrons. The zero-order valence-corrected chi connectivity index (χ0v) is 28.0. The predicted molar refractivity (Wildman–Crippen MR) is 179 cm³/mol. The minimum Gasteiger partial charge on any atom is -0.490 e. The van der Waals surface area contributed by atoms with E-state index in [2.05, 4.69) is 17.0 Å². The molecule has 2 aliphatic rings. The Morgan fingerprint density at radius 2 is 1.77 bits per heavy atom. The zero-order chi connectivity index (χ0) is 33.6. The van der Waals surface area contributed by atoms with Crippen LogP contribution in [0.1, 0.15) is 78.1 Å². The molecule has 6 nitrogen and oxygen atoms in total. The first-order valence-electron chi connectivity index (χ1n) is 16.3. The van der Waals surface area contributed by atoms with Crippen molar-refractivity contribution in [2.75, 3.05) is 13.2 Å². The van der Waals surface area contributed by atoms with Crippen LogP contribution in [-0.4, -0.2) is 39.7 Å². The molecule has 0 bridgehead atoms. The lowest BCUT2D eigenvalue weighted by atomic mass is 9.82. The third-order valence-electron chi connectivity index (χ3n) is 9.21. The van der Waals surface area contributed by atoms with Crippen LogP contribution in [0.2, 0.25) is 0 Å². The van der Waals surface area contributed by atoms with Gasteiger partial charge in [0, 0.05) is 53.3 Å². The van der Waals surface area contributed by atoms with Gasteiger partial charge in [-0.1, -0.05) is 36.4 Å². The molecule has 8 heteroatoms. The molecule has 4 aromatic rings. The van der Waals surface area contributed by atoms with E-state index in [1.54, 1.807) is 13.0 Å². The van der Waals surface area contributed by atoms with Gasteiger partial charge in [0.2, 0.25) is 0 Å². The third-order valence-corrected chi connectivity index (χ3v) is 9.21. The molecule has 2 aliphatic heterocycles. The molecule has 6 rings (SSSR count). The summed E-state index contributed by atoms with van der Waals surface area (Å²) in [5, 5.41) is 10.6. The molecule has 0 aliphatic carbocycles. The van der Waals surface area contributed by atoms with E-state index in [4.69, 9.17) is 14.5 Å². The number of hydrogen-bond acceptors (Lipinski definition) is 5. The van der Waals surface area contributed by atoms with E-state index < -0.39 is 23.5 Å². The summed E-state index contributed by atoms with van der Waals surface area (Å²) >= 11 is 0. The van der Waals surface area contributed by atoms with Gasteiger partial charge in [0.15, 0.2) is 17.7 Å². The second kappa shape index (κ2) is 12.8. The van der Waals surface area contributed by atoms with Crippen molar-refractivity contribution in [2.45, 2.75) is 85.6 Å². The van der Waals surface area contributed by atoms with Crippen molar-refractivity contribution in [3.63, 3.8) is 0 Å². The number of benzene rings is 3. The molecular weight excluding hydrogens is 598 g/mol. The van der Waals surface area contributed by atoms with Crippen molar-refractivity contribution >= 4 is 5.97 Å². The molecule has 1 atom stereocenters. The molecule has 0 fully saturated rings. The maximum absolute atomic E-state index is 15.8. The maximum atomic E-state index is 15.8. The van der Waals surface area contributed by atoms with Crippen molar-refractivity contribution in [1.29, 1.82) is 0 Å². The minimum absolute atomic E-state index is 0.199. The number of carbonyl (C=O) groups is 1. The van der Waals surface area contributed by atoms with Gasteiger partial charge >= 0.3 is 5.97 Å². The Morgan fingerprint density at radius 3 is 2.49 bits per heavy atom. The highest BCUT2D eigenvalue weighted by Crippen LogP contribution is 2.47. The number of aliphatic carboxylic acids is 1. The molecule has 47 heavy (non-hydrogen) atoms. The fourth-order valence-electron chi connectivity index (χ4n) is 7.09. The first-order valence-corrected chi connectivity index (χ1v) is 16.3. The monoisotopic (exact) mass is 640 g/mol. The SMILES string of the molecule is Cc1nc(C)c(C(OC(C)(C)C)C(=O)O)c(-c2cc(F)c3c(c2C)CCCO3)c1-c1ccc2c(c1)CCN(Cc1ccccc1F)C2. The molecule has 0 saturated carbocycles. The third kappa shape index (κ3) is 6.54. The Hall–Kier alpha value is -4.14. The van der Waals surface area contributed by atoms with Crippen LogP contribution in [-0.2, 0) is 35.5 Å². The number of carboxylic acid groups (broad SMARTS) is 1. The second-order valence-corrected chi connectivity index (χ2v) is 13.7. The minimum atomic E-state index is -1.34. The summed E-state index contributed by atoms with van der Waals surface area (Å²) < 4.78 is 42.2. The Morgan fingerprint density at radius 1 is 1.00 bits per heavy atom. The van der Waals surface area contributed by atoms with Gasteiger partial charge in [-0.15, -0.1) is 0 Å². The molecule has 1 unspecified atom stereocenters. The Labute approximate surface area is 275 Å². The molecular formula is C39H42F2N2O4. The molecule has 1 aromatic heterocycles. The van der Waals surface area contributed by atoms with E-state index in [-0.39, 0.29) is 11.6 Å². The number of aryl methyl sites for hydroxylation is 2. The lowest BCUT2D eigenvalue weighted by Crippen LogP contribution is -2.30. The van der Waals surface area contributed by atoms with Crippen LogP contribution >= 0.6 is 0 Å². The number of aromatic nitrogens is 1. The van der Waals surface area contributed by atoms with Gasteiger partial charge in [0.1, 0.15) is 5.82 Å². The van der Waals surface area contributed by atoms with Crippen LogP contribution < -0.4 is 4.74 Å². The summed E-state index contributed by atoms with van der Waals surface area (Å²) in [5.41, 5.74) is 8.40. The quantitative estimate of drug-likeness (QED) is 0.219. The van der Waals surface area contributed by atoms with E-state index >= 15 is 4.39 Å². The Balaban J connectivity index is 1.52. The average Bonchev–Trinajstić information content (AvgIpc) is 3.02. The van der Waals surface area contributed by atoms with Crippen molar-refractivity contribution in [1.82, 2.24) is 9.88 Å². The number of pyridine rings is 1. The summed E-state index contributed by atoms with van der Waals surface area (Å²) in [6, 6.07) is 14.6. The number of nitrogens with zero attached hydrogens (tertiary/aromatic N) is 2. The highest BCUT2D eigenvalue weighted by molar-refractivity contribution is 5.92. The summed E-state index contributed by atoms with van der Waals surface area (Å²) in [5.74, 6) is -1.53. The molecule has 3 aromatic carbocycles. The molecule has 1 N–H and O–H groups in total. The average molecular weight is 641 g/mol. The predicted octanol–water partition coefficient (Wildman–Crippen LogP) is 8.44. The van der Waals surface area contributed by atoms with E-state index in [0.29, 0.717) is 59.8 Å². The molecule has 246 valence electrons. The second-order valence-electron chi connectivity index (χ2n) is 13.7. The van der Waals surface area contributed by atoms with Gasteiger partial charge in [-0.25, -0.2) is 13.6 Å². The van der Waals surface area contributed by atoms with Crippen molar-refractivity contribution in [3.8, 4) is 28.0 Å². The van der Waals surface area contributed by atoms with Crippen LogP contribution in [0.4, 0.5) is 8.78 Å². The standard InChI is InChI=1S/C39H42F2N2O4/c1-22-29-11-9-17-46-36(29)32(41)19-30(22)35-33(23(2)42-24(3)34(35)37(38(44)45)47-39(4,5)6)26-13-14-27-20-43(16-15-25(27)18-26)21-28-10-7-8-12-31(28)40/h7-8,10,12-14,18-19,37H,9,11,15-17,20-21H2,1-6H3,(H,44,45). The lowest BCUT2D eigenvalue weighted by Gasteiger charge is -2.31. The smallest absolute Gasteiger partial charge is 0.337 e. The number of halogens is 2. The van der Waals surface area contributed by atoms with E-state index in [1.165, 1.54) is 17.7 Å². The number of carboxylic acids is 1. The van der Waals surface area contributed by atoms with Gasteiger partial charge < -0.3 is 14.6 Å². The Kier molecular flexibility index (Phi) is 8.94. The maximum Gasteiger partial charge on any atom is 0.337 e. The highest BCUT2D eigenvalue weighted by Gasteiger charge is 2.35. The van der Waals surface area contributed by atoms with E-state index in [0.717, 1.165) is 47.2 Å². The van der Waals surface area contributed by atoms with Crippen LogP contribution in [0.25, 0.3) is 22.3 Å². The highest BCUT2D eigenvalue weighted by atomic mass is 19.1. The largest absolute Gasteiger partial charge is 0.490 e. The number of fused-ring (bicyclic) bond motifs is 2. The topological polar surface area (TPSA) is 71.9 Å². The van der Waals surface area contributed by atoms with Crippen LogP contribution in [0, 0.1) is 32.4 Å². The summed E-state index contributed by atoms with van der Waals surface area (Å²) in [7, 11) is 0. The first kappa shape index (κ1) is 32.8. The normalized spacial score (nSPS) is 15.5. The molecule has 3 heterocycles. The van der Waals surface area contributed by atoms with Crippen molar-refractivity contribution in [3.05, 3.63) is 105 Å². The number of ether oxygens (including phenoxy) is 2. The molecule has 0 spiro atoms. The fourth-order valence-corrected chi connectivity index (χ4v) is 7.09. The summed E-state index contributed by atoms with van der Waals surface area (Å²) in [6.45, 7) is 13.6. The Bertz CT molecular complexity index is 1860. The van der Waals surface area contributed by atoms with Gasteiger partial charge in [0.25, 0.3) is 0 Å². The van der Waals surface area contributed by atoms with Gasteiger partial charge in [0.05, 0.1) is 12.2 Å². The van der Waals surface area contributed by atoms with E-state index in [9.17, 15) is 14.3 Å². The lowest BCUT2D eigenvalue weighted by molar-refractivity contribution is -0.160. The summed E-state index contributed by atoms with van der Waals surface area (Å²) in [4.78, 5) is 20.1. The van der Waals surface area contributed by atoms with Gasteiger partial charge in [-0.2, -0.15) is 0 Å². The van der Waals surface area contributed by atoms with Crippen LogP contribution in [0.3, 0.4) is 0 Å². The zero-order valence-electron chi connectivity index (χ0n) is 28.0. The number of hydrogen-bond donors (Lipinski definition) is 1. The van der Waals surface area contributed by atoms with Crippen LogP contribution in [0.5, 0.6) is 5.75 Å². The van der Waals surface area contributed by atoms with Crippen LogP contribution in [0.15, 0.2) is 48.5 Å². The van der Waals surface area contributed by atoms with Crippen molar-refractivity contribution < 1.29 is 28.2 Å². The van der Waals surface area contributed by atoms with Crippen molar-refractivity contribution in [2.24, 2.45) is 0 Å². The van der Waals surface area contributed by atoms with Gasteiger partial charge in [-0.05, 0) is 106 Å². The molecule has 0 saturated heterocycles. The molecule has 0 amide bonds.